The number of rotatable bonds is 8. The fraction of sp³-hybridized carbons (Fsp3) is 0.286. The smallest absolute Gasteiger partial charge is 0.305 e. The highest BCUT2D eigenvalue weighted by Gasteiger charge is 2.18. The third-order valence-electron chi connectivity index (χ3n) is 6.03. The van der Waals surface area contributed by atoms with Gasteiger partial charge in [-0.25, -0.2) is 4.39 Å². The molecule has 33 heavy (non-hydrogen) atoms. The van der Waals surface area contributed by atoms with Gasteiger partial charge in [0.1, 0.15) is 18.2 Å². The van der Waals surface area contributed by atoms with Crippen LogP contribution in [0.2, 0.25) is 0 Å². The predicted octanol–water partition coefficient (Wildman–Crippen LogP) is 6.09. The number of fused-ring (bicyclic) bond motifs is 1. The Bertz CT molecular complexity index is 1150. The molecule has 0 unspecified atom stereocenters. The molecule has 0 amide bonds. The second-order valence-corrected chi connectivity index (χ2v) is 8.31. The van der Waals surface area contributed by atoms with Gasteiger partial charge in [0.25, 0.3) is 0 Å². The van der Waals surface area contributed by atoms with Gasteiger partial charge < -0.3 is 9.47 Å². The lowest BCUT2D eigenvalue weighted by Gasteiger charge is -2.17. The van der Waals surface area contributed by atoms with Crippen LogP contribution in [-0.2, 0) is 29.0 Å². The van der Waals surface area contributed by atoms with Crippen molar-refractivity contribution in [3.63, 3.8) is 0 Å². The Morgan fingerprint density at radius 2 is 1.76 bits per heavy atom. The van der Waals surface area contributed by atoms with Gasteiger partial charge in [0.15, 0.2) is 5.78 Å². The Balaban J connectivity index is 1.45. The molecule has 4 rings (SSSR count). The molecule has 3 aromatic rings. The van der Waals surface area contributed by atoms with Crippen LogP contribution in [0.15, 0.2) is 60.7 Å². The molecule has 1 aliphatic rings. The third-order valence-corrected chi connectivity index (χ3v) is 6.03. The van der Waals surface area contributed by atoms with E-state index in [1.165, 1.54) is 19.2 Å². The number of halogens is 1. The molecular formula is C28H27FO4. The molecule has 3 aromatic carbocycles. The van der Waals surface area contributed by atoms with E-state index in [9.17, 15) is 14.0 Å². The number of ketones is 1. The molecule has 1 aliphatic carbocycles. The molecule has 0 radical (unpaired) electrons. The normalized spacial score (nSPS) is 12.8. The summed E-state index contributed by atoms with van der Waals surface area (Å²) in [5, 5.41) is 0. The van der Waals surface area contributed by atoms with Gasteiger partial charge in [-0.1, -0.05) is 36.4 Å². The SMILES string of the molecule is COC(=O)CCCc1ccc(OCc2cc(F)ccc2-c2ccc3c(c2)CCCC3=O)cc1. The minimum absolute atomic E-state index is 0.194. The van der Waals surface area contributed by atoms with Crippen molar-refractivity contribution >= 4 is 11.8 Å². The van der Waals surface area contributed by atoms with E-state index >= 15 is 0 Å². The molecule has 0 bridgehead atoms. The summed E-state index contributed by atoms with van der Waals surface area (Å²) >= 11 is 0. The molecule has 0 N–H and O–H groups in total. The molecule has 4 nitrogen and oxygen atoms in total. The van der Waals surface area contributed by atoms with E-state index in [0.29, 0.717) is 18.6 Å². The van der Waals surface area contributed by atoms with Crippen LogP contribution in [0.1, 0.15) is 52.7 Å². The zero-order valence-corrected chi connectivity index (χ0v) is 18.7. The summed E-state index contributed by atoms with van der Waals surface area (Å²) in [4.78, 5) is 23.4. The first-order chi connectivity index (χ1) is 16.0. The molecule has 0 saturated heterocycles. The molecule has 5 heteroatoms. The van der Waals surface area contributed by atoms with E-state index in [1.807, 2.05) is 42.5 Å². The number of carbonyl (C=O) groups excluding carboxylic acids is 2. The van der Waals surface area contributed by atoms with Gasteiger partial charge in [0.2, 0.25) is 0 Å². The summed E-state index contributed by atoms with van der Waals surface area (Å²) in [7, 11) is 1.39. The highest BCUT2D eigenvalue weighted by molar-refractivity contribution is 5.99. The van der Waals surface area contributed by atoms with Gasteiger partial charge in [-0.2, -0.15) is 0 Å². The van der Waals surface area contributed by atoms with Crippen molar-refractivity contribution in [3.8, 4) is 16.9 Å². The van der Waals surface area contributed by atoms with E-state index in [1.54, 1.807) is 6.07 Å². The van der Waals surface area contributed by atoms with Gasteiger partial charge >= 0.3 is 5.97 Å². The van der Waals surface area contributed by atoms with Crippen LogP contribution in [-0.4, -0.2) is 18.9 Å². The monoisotopic (exact) mass is 446 g/mol. The van der Waals surface area contributed by atoms with E-state index < -0.39 is 0 Å². The molecule has 170 valence electrons. The zero-order valence-electron chi connectivity index (χ0n) is 18.7. The second-order valence-electron chi connectivity index (χ2n) is 8.31. The van der Waals surface area contributed by atoms with Crippen LogP contribution in [0, 0.1) is 5.82 Å². The number of Topliss-reactive ketones (excluding diaryl/α,β-unsaturated/α-hetero) is 1. The Morgan fingerprint density at radius 3 is 2.55 bits per heavy atom. The Morgan fingerprint density at radius 1 is 0.970 bits per heavy atom. The summed E-state index contributed by atoms with van der Waals surface area (Å²) in [5.74, 6) is 0.370. The highest BCUT2D eigenvalue weighted by atomic mass is 19.1. The minimum atomic E-state index is -0.313. The molecule has 0 aliphatic heterocycles. The molecular weight excluding hydrogens is 419 g/mol. The highest BCUT2D eigenvalue weighted by Crippen LogP contribution is 2.30. The van der Waals surface area contributed by atoms with Gasteiger partial charge in [-0.3, -0.25) is 9.59 Å². The summed E-state index contributed by atoms with van der Waals surface area (Å²) < 4.78 is 24.7. The van der Waals surface area contributed by atoms with E-state index in [4.69, 9.17) is 4.74 Å². The number of esters is 1. The topological polar surface area (TPSA) is 52.6 Å². The molecule has 0 spiro atoms. The quantitative estimate of drug-likeness (QED) is 0.393. The maximum Gasteiger partial charge on any atom is 0.305 e. The van der Waals surface area contributed by atoms with E-state index in [2.05, 4.69) is 4.74 Å². The number of methoxy groups -OCH3 is 1. The van der Waals surface area contributed by atoms with Gasteiger partial charge in [0, 0.05) is 18.4 Å². The predicted molar refractivity (Wildman–Crippen MR) is 125 cm³/mol. The van der Waals surface area contributed by atoms with Crippen molar-refractivity contribution in [2.45, 2.75) is 45.1 Å². The first-order valence-corrected chi connectivity index (χ1v) is 11.3. The largest absolute Gasteiger partial charge is 0.489 e. The van der Waals surface area contributed by atoms with Crippen molar-refractivity contribution in [1.82, 2.24) is 0 Å². The minimum Gasteiger partial charge on any atom is -0.489 e. The van der Waals surface area contributed by atoms with Gasteiger partial charge in [-0.05, 0) is 77.8 Å². The average Bonchev–Trinajstić information content (AvgIpc) is 2.83. The summed E-state index contributed by atoms with van der Waals surface area (Å²) in [6.07, 6.45) is 4.26. The van der Waals surface area contributed by atoms with Crippen molar-refractivity contribution in [2.75, 3.05) is 7.11 Å². The lowest BCUT2D eigenvalue weighted by Crippen LogP contribution is -2.10. The van der Waals surface area contributed by atoms with E-state index in [-0.39, 0.29) is 24.2 Å². The van der Waals surface area contributed by atoms with Crippen LogP contribution < -0.4 is 4.74 Å². The Hall–Kier alpha value is -3.47. The van der Waals surface area contributed by atoms with E-state index in [0.717, 1.165) is 59.1 Å². The summed E-state index contributed by atoms with van der Waals surface area (Å²) in [6, 6.07) is 18.3. The lowest BCUT2D eigenvalue weighted by molar-refractivity contribution is -0.140. The fourth-order valence-corrected chi connectivity index (χ4v) is 4.23. The standard InChI is InChI=1S/C28H27FO4/c1-32-28(31)7-2-4-19-8-12-24(13-9-19)33-18-22-17-23(29)11-15-25(22)21-10-14-26-20(16-21)5-3-6-27(26)30/h8-17H,2-7,18H2,1H3. The van der Waals surface area contributed by atoms with Crippen molar-refractivity contribution in [2.24, 2.45) is 0 Å². The molecule has 0 fully saturated rings. The summed E-state index contributed by atoms with van der Waals surface area (Å²) in [5.41, 5.74) is 5.58. The fourth-order valence-electron chi connectivity index (χ4n) is 4.23. The maximum atomic E-state index is 14.0. The number of hydrogen-bond acceptors (Lipinski definition) is 4. The van der Waals surface area contributed by atoms with Gasteiger partial charge in [-0.15, -0.1) is 0 Å². The summed E-state index contributed by atoms with van der Waals surface area (Å²) in [6.45, 7) is 0.227. The number of hydrogen-bond donors (Lipinski definition) is 0. The number of carbonyl (C=O) groups is 2. The van der Waals surface area contributed by atoms with Crippen LogP contribution in [0.25, 0.3) is 11.1 Å². The molecule has 0 atom stereocenters. The van der Waals surface area contributed by atoms with Crippen molar-refractivity contribution in [1.29, 1.82) is 0 Å². The second kappa shape index (κ2) is 10.4. The van der Waals surface area contributed by atoms with Crippen molar-refractivity contribution < 1.29 is 23.5 Å². The maximum absolute atomic E-state index is 14.0. The van der Waals surface area contributed by atoms with Gasteiger partial charge in [0.05, 0.1) is 7.11 Å². The molecule has 0 aromatic heterocycles. The Kier molecular flexibility index (Phi) is 7.18. The first-order valence-electron chi connectivity index (χ1n) is 11.3. The van der Waals surface area contributed by atoms with Crippen LogP contribution >= 0.6 is 0 Å². The number of benzene rings is 3. The molecule has 0 heterocycles. The third kappa shape index (κ3) is 5.67. The number of aryl methyl sites for hydroxylation is 2. The zero-order chi connectivity index (χ0) is 23.2. The van der Waals surface area contributed by atoms with Crippen LogP contribution in [0.4, 0.5) is 4.39 Å². The van der Waals surface area contributed by atoms with Crippen molar-refractivity contribution in [3.05, 3.63) is 88.7 Å². The number of ether oxygens (including phenoxy) is 2. The Labute approximate surface area is 193 Å². The van der Waals surface area contributed by atoms with Crippen LogP contribution in [0.3, 0.4) is 0 Å². The van der Waals surface area contributed by atoms with Crippen LogP contribution in [0.5, 0.6) is 5.75 Å². The first kappa shape index (κ1) is 22.7. The average molecular weight is 447 g/mol. The molecule has 0 saturated carbocycles. The lowest BCUT2D eigenvalue weighted by atomic mass is 9.87.